The number of Topliss-reactive ketones (excluding diaryl/α,β-unsaturated/α-hetero) is 1. The number of ketones is 1. The Morgan fingerprint density at radius 2 is 1.78 bits per heavy atom. The Labute approximate surface area is 157 Å². The first kappa shape index (κ1) is 17.6. The van der Waals surface area contributed by atoms with Gasteiger partial charge in [0, 0.05) is 24.2 Å². The molecule has 7 heteroatoms. The van der Waals surface area contributed by atoms with Gasteiger partial charge in [0.1, 0.15) is 22.7 Å². The van der Waals surface area contributed by atoms with E-state index in [9.17, 15) is 24.9 Å². The molecule has 27 heavy (non-hydrogen) atoms. The molecule has 0 aromatic carbocycles. The maximum Gasteiger partial charge on any atom is 0.341 e. The molecule has 3 aliphatic carbocycles. The number of hydrogen-bond donors (Lipinski definition) is 3. The highest BCUT2D eigenvalue weighted by molar-refractivity contribution is 6.00. The highest BCUT2D eigenvalue weighted by atomic mass is 16.6. The number of allylic oxidation sites excluding steroid dienone is 1. The van der Waals surface area contributed by atoms with Crippen molar-refractivity contribution in [3.05, 3.63) is 11.3 Å². The molecular formula is C20H26O7. The molecule has 3 N–H and O–H groups in total. The van der Waals surface area contributed by atoms with E-state index >= 15 is 0 Å². The van der Waals surface area contributed by atoms with Crippen molar-refractivity contribution in [2.75, 3.05) is 0 Å². The molecule has 6 rings (SSSR count). The van der Waals surface area contributed by atoms with Gasteiger partial charge in [-0.25, -0.2) is 4.79 Å². The van der Waals surface area contributed by atoms with E-state index in [2.05, 4.69) is 0 Å². The highest BCUT2D eigenvalue weighted by Gasteiger charge is 2.89. The van der Waals surface area contributed by atoms with E-state index in [1.54, 1.807) is 20.8 Å². The molecule has 0 aromatic rings. The summed E-state index contributed by atoms with van der Waals surface area (Å²) in [6, 6.07) is 0. The Morgan fingerprint density at radius 3 is 2.44 bits per heavy atom. The van der Waals surface area contributed by atoms with Crippen molar-refractivity contribution >= 4 is 11.8 Å². The van der Waals surface area contributed by atoms with E-state index in [4.69, 9.17) is 9.47 Å². The smallest absolute Gasteiger partial charge is 0.341 e. The summed E-state index contributed by atoms with van der Waals surface area (Å²) in [6.45, 7) is 6.79. The standard InChI is InChI=1S/C20H26O7/c1-8-5-9(2)14(22)12-16(24)26-19-7-17(3,25)18(4)15(23)11(19)6-10(13(8)21)20(12,19)27-18/h8-11,15,22-23,25H,5-7H2,1-4H3. The largest absolute Gasteiger partial charge is 0.511 e. The Balaban J connectivity index is 1.86. The van der Waals surface area contributed by atoms with E-state index < -0.39 is 52.2 Å². The van der Waals surface area contributed by atoms with Crippen molar-refractivity contribution in [2.45, 2.75) is 75.5 Å². The van der Waals surface area contributed by atoms with Gasteiger partial charge in [0.15, 0.2) is 11.2 Å². The normalized spacial score (nSPS) is 58.8. The molecule has 5 fully saturated rings. The summed E-state index contributed by atoms with van der Waals surface area (Å²) >= 11 is 0. The molecule has 9 atom stereocenters. The molecule has 0 aromatic heterocycles. The van der Waals surface area contributed by atoms with Crippen molar-refractivity contribution in [1.82, 2.24) is 0 Å². The average Bonchev–Trinajstić information content (AvgIpc) is 2.90. The van der Waals surface area contributed by atoms with Gasteiger partial charge < -0.3 is 24.8 Å². The number of ether oxygens (including phenoxy) is 2. The number of aliphatic hydroxyl groups is 3. The highest BCUT2D eigenvalue weighted by Crippen LogP contribution is 2.73. The van der Waals surface area contributed by atoms with Crippen LogP contribution in [0.3, 0.4) is 0 Å². The Hall–Kier alpha value is -1.44. The summed E-state index contributed by atoms with van der Waals surface area (Å²) in [7, 11) is 0. The lowest BCUT2D eigenvalue weighted by atomic mass is 9.54. The zero-order valence-corrected chi connectivity index (χ0v) is 16.0. The summed E-state index contributed by atoms with van der Waals surface area (Å²) in [4.78, 5) is 26.3. The lowest BCUT2D eigenvalue weighted by Gasteiger charge is -2.65. The fourth-order valence-corrected chi connectivity index (χ4v) is 6.83. The topological polar surface area (TPSA) is 113 Å². The number of hydrogen-bond acceptors (Lipinski definition) is 7. The summed E-state index contributed by atoms with van der Waals surface area (Å²) < 4.78 is 12.3. The predicted molar refractivity (Wildman–Crippen MR) is 91.5 cm³/mol. The van der Waals surface area contributed by atoms with Crippen LogP contribution in [0.15, 0.2) is 11.3 Å². The lowest BCUT2D eigenvalue weighted by molar-refractivity contribution is -0.379. The zero-order chi connectivity index (χ0) is 19.7. The summed E-state index contributed by atoms with van der Waals surface area (Å²) in [5, 5.41) is 33.1. The van der Waals surface area contributed by atoms with Gasteiger partial charge >= 0.3 is 5.97 Å². The molecule has 3 aliphatic heterocycles. The molecule has 2 saturated carbocycles. The van der Waals surface area contributed by atoms with Crippen LogP contribution in [0, 0.1) is 23.7 Å². The van der Waals surface area contributed by atoms with Gasteiger partial charge in [-0.1, -0.05) is 13.8 Å². The van der Waals surface area contributed by atoms with Crippen LogP contribution in [0.4, 0.5) is 0 Å². The molecule has 0 amide bonds. The Morgan fingerprint density at radius 1 is 1.11 bits per heavy atom. The molecular weight excluding hydrogens is 352 g/mol. The minimum Gasteiger partial charge on any atom is -0.511 e. The van der Waals surface area contributed by atoms with Crippen LogP contribution < -0.4 is 0 Å². The lowest BCUT2D eigenvalue weighted by Crippen LogP contribution is -2.81. The third kappa shape index (κ3) is 1.56. The van der Waals surface area contributed by atoms with Crippen LogP contribution in [-0.2, 0) is 19.1 Å². The fourth-order valence-electron chi connectivity index (χ4n) is 6.83. The number of carbonyl (C=O) groups is 2. The first-order valence-electron chi connectivity index (χ1n) is 9.74. The third-order valence-corrected chi connectivity index (χ3v) is 8.31. The number of fused-ring (bicyclic) bond motifs is 1. The van der Waals surface area contributed by atoms with Gasteiger partial charge in [0.2, 0.25) is 0 Å². The molecule has 3 saturated heterocycles. The first-order valence-corrected chi connectivity index (χ1v) is 9.74. The van der Waals surface area contributed by atoms with Gasteiger partial charge in [0.05, 0.1) is 17.6 Å². The molecule has 7 nitrogen and oxygen atoms in total. The van der Waals surface area contributed by atoms with Crippen LogP contribution in [-0.4, -0.2) is 55.6 Å². The zero-order valence-electron chi connectivity index (χ0n) is 16.0. The van der Waals surface area contributed by atoms with Gasteiger partial charge in [-0.2, -0.15) is 0 Å². The van der Waals surface area contributed by atoms with Crippen LogP contribution in [0.5, 0.6) is 0 Å². The molecule has 4 bridgehead atoms. The molecule has 2 spiro atoms. The number of carbonyl (C=O) groups excluding carboxylic acids is 2. The van der Waals surface area contributed by atoms with Gasteiger partial charge in [0.25, 0.3) is 0 Å². The van der Waals surface area contributed by atoms with Crippen LogP contribution in [0.2, 0.25) is 0 Å². The van der Waals surface area contributed by atoms with Crippen molar-refractivity contribution < 1.29 is 34.4 Å². The van der Waals surface area contributed by atoms with Crippen LogP contribution in [0.25, 0.3) is 0 Å². The van der Waals surface area contributed by atoms with Gasteiger partial charge in [-0.3, -0.25) is 4.79 Å². The summed E-state index contributed by atoms with van der Waals surface area (Å²) in [5.41, 5.74) is -5.59. The molecule has 3 heterocycles. The first-order chi connectivity index (χ1) is 12.4. The van der Waals surface area contributed by atoms with Gasteiger partial charge in [-0.05, 0) is 26.7 Å². The summed E-state index contributed by atoms with van der Waals surface area (Å²) in [5.74, 6) is -2.75. The van der Waals surface area contributed by atoms with Crippen molar-refractivity contribution in [3.8, 4) is 0 Å². The second-order valence-corrected chi connectivity index (χ2v) is 9.71. The SMILES string of the molecule is CC1CC(C)C(O)=C2C(=O)OC34CC(C)(O)C5(C)OC23C(CC4C5O)C1=O. The van der Waals surface area contributed by atoms with E-state index in [1.807, 2.05) is 6.92 Å². The van der Waals surface area contributed by atoms with E-state index in [0.717, 1.165) is 0 Å². The van der Waals surface area contributed by atoms with Crippen LogP contribution in [0.1, 0.15) is 47.0 Å². The number of rotatable bonds is 0. The second-order valence-electron chi connectivity index (χ2n) is 9.71. The van der Waals surface area contributed by atoms with E-state index in [1.165, 1.54) is 0 Å². The maximum absolute atomic E-state index is 13.3. The van der Waals surface area contributed by atoms with Crippen molar-refractivity contribution in [1.29, 1.82) is 0 Å². The molecule has 9 unspecified atom stereocenters. The Bertz CT molecular complexity index is 815. The minimum absolute atomic E-state index is 0.0244. The number of esters is 1. The third-order valence-electron chi connectivity index (χ3n) is 8.31. The minimum atomic E-state index is -1.45. The maximum atomic E-state index is 13.3. The van der Waals surface area contributed by atoms with E-state index in [-0.39, 0.29) is 29.5 Å². The number of aliphatic hydroxyl groups excluding tert-OH is 2. The monoisotopic (exact) mass is 378 g/mol. The second kappa shape index (κ2) is 4.58. The quantitative estimate of drug-likeness (QED) is 0.539. The molecule has 0 radical (unpaired) electrons. The summed E-state index contributed by atoms with van der Waals surface area (Å²) in [6.07, 6.45) is -0.278. The van der Waals surface area contributed by atoms with Crippen molar-refractivity contribution in [3.63, 3.8) is 0 Å². The fraction of sp³-hybridized carbons (Fsp3) is 0.800. The van der Waals surface area contributed by atoms with Gasteiger partial charge in [-0.15, -0.1) is 0 Å². The van der Waals surface area contributed by atoms with Crippen molar-refractivity contribution in [2.24, 2.45) is 23.7 Å². The average molecular weight is 378 g/mol. The van der Waals surface area contributed by atoms with E-state index in [0.29, 0.717) is 12.8 Å². The molecule has 148 valence electrons. The predicted octanol–water partition coefficient (Wildman–Crippen LogP) is 1.02. The Kier molecular flexibility index (Phi) is 2.99. The van der Waals surface area contributed by atoms with Crippen LogP contribution >= 0.6 is 0 Å². The molecule has 6 aliphatic rings.